The second kappa shape index (κ2) is 5.80. The van der Waals surface area contributed by atoms with Crippen molar-refractivity contribution in [3.63, 3.8) is 0 Å². The third kappa shape index (κ3) is 2.79. The topological polar surface area (TPSA) is 131 Å². The van der Waals surface area contributed by atoms with Gasteiger partial charge in [-0.15, -0.1) is 0 Å². The summed E-state index contributed by atoms with van der Waals surface area (Å²) < 4.78 is 36.7. The molecule has 4 aromatic rings. The molecule has 1 aromatic carbocycles. The number of nitrogens with one attached hydrogen (secondary N) is 1. The summed E-state index contributed by atoms with van der Waals surface area (Å²) in [6.45, 7) is 0. The van der Waals surface area contributed by atoms with Crippen LogP contribution in [0.1, 0.15) is 5.76 Å². The third-order valence-corrected chi connectivity index (χ3v) is 4.58. The number of hydrogen-bond donors (Lipinski definition) is 2. The molecule has 0 saturated heterocycles. The van der Waals surface area contributed by atoms with E-state index in [-0.39, 0.29) is 11.3 Å². The van der Waals surface area contributed by atoms with E-state index in [1.165, 1.54) is 12.4 Å². The molecule has 0 unspecified atom stereocenters. The summed E-state index contributed by atoms with van der Waals surface area (Å²) in [7, 11) is -4.45. The predicted octanol–water partition coefficient (Wildman–Crippen LogP) is 2.25. The number of benzene rings is 1. The van der Waals surface area contributed by atoms with E-state index in [4.69, 9.17) is 20.6 Å². The second-order valence-electron chi connectivity index (χ2n) is 5.31. The quantitative estimate of drug-likeness (QED) is 0.406. The lowest BCUT2D eigenvalue weighted by Gasteiger charge is -1.97. The number of nitrogens with zero attached hydrogens (tertiary/aromatic N) is 3. The van der Waals surface area contributed by atoms with Crippen molar-refractivity contribution >= 4 is 49.9 Å². The fourth-order valence-electron chi connectivity index (χ4n) is 2.46. The minimum absolute atomic E-state index is 0.0352. The maximum atomic E-state index is 12.5. The van der Waals surface area contributed by atoms with E-state index >= 15 is 0 Å². The molecule has 2 N–H and O–H groups in total. The summed E-state index contributed by atoms with van der Waals surface area (Å²) >= 11 is 5.98. The Morgan fingerprint density at radius 2 is 2.12 bits per heavy atom. The van der Waals surface area contributed by atoms with Gasteiger partial charge in [-0.05, 0) is 30.3 Å². The Balaban J connectivity index is 1.78. The van der Waals surface area contributed by atoms with Gasteiger partial charge in [0, 0.05) is 15.9 Å². The number of hydrogen-bond acceptors (Lipinski definition) is 6. The van der Waals surface area contributed by atoms with Gasteiger partial charge in [-0.2, -0.15) is 18.2 Å². The summed E-state index contributed by atoms with van der Waals surface area (Å²) in [6.07, 6.45) is 2.35. The first-order valence-corrected chi connectivity index (χ1v) is 8.95. The summed E-state index contributed by atoms with van der Waals surface area (Å²) in [5.74, 6) is 0.0352. The number of halogens is 1. The number of fused-ring (bicyclic) bond motifs is 3. The molecule has 0 bridgehead atoms. The van der Waals surface area contributed by atoms with E-state index < -0.39 is 20.8 Å². The van der Waals surface area contributed by atoms with Crippen LogP contribution in [0.5, 0.6) is 0 Å². The highest BCUT2D eigenvalue weighted by molar-refractivity contribution is 7.85. The average molecular weight is 393 g/mol. The Morgan fingerprint density at radius 1 is 1.31 bits per heavy atom. The van der Waals surface area contributed by atoms with Crippen LogP contribution in [-0.4, -0.2) is 33.8 Å². The van der Waals surface area contributed by atoms with E-state index in [9.17, 15) is 13.2 Å². The van der Waals surface area contributed by atoms with Crippen LogP contribution in [0, 0.1) is 0 Å². The molecule has 0 aliphatic carbocycles. The zero-order valence-electron chi connectivity index (χ0n) is 12.7. The average Bonchev–Trinajstić information content (AvgIpc) is 3.19. The van der Waals surface area contributed by atoms with E-state index in [2.05, 4.69) is 15.1 Å². The molecule has 0 atom stereocenters. The van der Waals surface area contributed by atoms with Gasteiger partial charge in [0.05, 0.1) is 6.21 Å². The Bertz CT molecular complexity index is 1350. The van der Waals surface area contributed by atoms with E-state index in [0.29, 0.717) is 21.4 Å². The molecule has 26 heavy (non-hydrogen) atoms. The highest BCUT2D eigenvalue weighted by atomic mass is 35.5. The van der Waals surface area contributed by atoms with Gasteiger partial charge >= 0.3 is 10.1 Å². The predicted molar refractivity (Wildman–Crippen MR) is 94.4 cm³/mol. The van der Waals surface area contributed by atoms with Crippen LogP contribution in [0.25, 0.3) is 21.9 Å². The summed E-state index contributed by atoms with van der Waals surface area (Å²) in [5.41, 5.74) is 0.963. The standard InChI is InChI=1S/C15H9ClN4O5S/c16-8-1-3-11-10(5-8)13-14(19-11)15(21)20(7-17-13)18-6-9-2-4-12(25-9)26(22,23)24/h1-7,19H,(H,22,23,24)/b18-6+. The zero-order chi connectivity index (χ0) is 18.5. The maximum absolute atomic E-state index is 12.5. The van der Waals surface area contributed by atoms with Crippen molar-refractivity contribution in [2.24, 2.45) is 5.10 Å². The fourth-order valence-corrected chi connectivity index (χ4v) is 3.08. The largest absolute Gasteiger partial charge is 0.441 e. The molecule has 0 radical (unpaired) electrons. The molecule has 0 saturated carbocycles. The van der Waals surface area contributed by atoms with Gasteiger partial charge in [-0.25, -0.2) is 4.98 Å². The molecule has 11 heteroatoms. The smallest absolute Gasteiger partial charge is 0.328 e. The molecule has 4 rings (SSSR count). The molecule has 9 nitrogen and oxygen atoms in total. The molecule has 0 spiro atoms. The number of rotatable bonds is 3. The first-order chi connectivity index (χ1) is 12.3. The van der Waals surface area contributed by atoms with Crippen molar-refractivity contribution in [3.05, 3.63) is 57.8 Å². The van der Waals surface area contributed by atoms with Crippen LogP contribution in [0.4, 0.5) is 0 Å². The van der Waals surface area contributed by atoms with Gasteiger partial charge < -0.3 is 9.40 Å². The van der Waals surface area contributed by atoms with Crippen molar-refractivity contribution in [2.45, 2.75) is 5.09 Å². The van der Waals surface area contributed by atoms with Crippen molar-refractivity contribution in [3.8, 4) is 0 Å². The second-order valence-corrected chi connectivity index (χ2v) is 7.10. The first-order valence-electron chi connectivity index (χ1n) is 7.13. The van der Waals surface area contributed by atoms with Gasteiger partial charge in [-0.1, -0.05) is 11.6 Å². The first kappa shape index (κ1) is 16.5. The van der Waals surface area contributed by atoms with E-state index in [0.717, 1.165) is 17.0 Å². The fraction of sp³-hybridized carbons (Fsp3) is 0. The van der Waals surface area contributed by atoms with Gasteiger partial charge in [0.2, 0.25) is 5.09 Å². The molecular formula is C15H9ClN4O5S. The number of aromatic amines is 1. The number of H-pyrrole nitrogens is 1. The number of aromatic nitrogens is 3. The van der Waals surface area contributed by atoms with E-state index in [1.54, 1.807) is 18.2 Å². The summed E-state index contributed by atoms with van der Waals surface area (Å²) in [5, 5.41) is 4.53. The Kier molecular flexibility index (Phi) is 3.68. The van der Waals surface area contributed by atoms with Gasteiger partial charge in [0.15, 0.2) is 0 Å². The van der Waals surface area contributed by atoms with Crippen molar-refractivity contribution in [1.82, 2.24) is 14.6 Å². The van der Waals surface area contributed by atoms with Crippen LogP contribution in [0.2, 0.25) is 5.02 Å². The molecule has 3 aromatic heterocycles. The minimum Gasteiger partial charge on any atom is -0.441 e. The van der Waals surface area contributed by atoms with Crippen molar-refractivity contribution < 1.29 is 17.4 Å². The van der Waals surface area contributed by atoms with Crippen LogP contribution in [0.3, 0.4) is 0 Å². The van der Waals surface area contributed by atoms with Crippen molar-refractivity contribution in [2.75, 3.05) is 0 Å². The minimum atomic E-state index is -4.45. The Hall–Kier alpha value is -2.95. The van der Waals surface area contributed by atoms with Gasteiger partial charge in [0.25, 0.3) is 5.56 Å². The highest BCUT2D eigenvalue weighted by Crippen LogP contribution is 2.24. The van der Waals surface area contributed by atoms with Crippen LogP contribution in [0.15, 0.2) is 56.1 Å². The van der Waals surface area contributed by atoms with Crippen LogP contribution < -0.4 is 5.56 Å². The summed E-state index contributed by atoms with van der Waals surface area (Å²) in [4.78, 5) is 19.7. The van der Waals surface area contributed by atoms with E-state index in [1.807, 2.05) is 0 Å². The monoisotopic (exact) mass is 392 g/mol. The summed E-state index contributed by atoms with van der Waals surface area (Å²) in [6, 6.07) is 7.50. The molecule has 0 aliphatic rings. The lowest BCUT2D eigenvalue weighted by atomic mass is 10.2. The van der Waals surface area contributed by atoms with Crippen LogP contribution in [-0.2, 0) is 10.1 Å². The highest BCUT2D eigenvalue weighted by Gasteiger charge is 2.14. The normalized spacial score (nSPS) is 12.5. The SMILES string of the molecule is O=c1c2[nH]c3ccc(Cl)cc3c2ncn1/N=C/c1ccc(S(=O)(=O)O)o1. The third-order valence-electron chi connectivity index (χ3n) is 3.62. The van der Waals surface area contributed by atoms with Crippen molar-refractivity contribution in [1.29, 1.82) is 0 Å². The molecule has 3 heterocycles. The zero-order valence-corrected chi connectivity index (χ0v) is 14.3. The lowest BCUT2D eigenvalue weighted by Crippen LogP contribution is -2.17. The molecule has 132 valence electrons. The van der Waals surface area contributed by atoms with Gasteiger partial charge in [-0.3, -0.25) is 9.35 Å². The molecule has 0 amide bonds. The molecular weight excluding hydrogens is 384 g/mol. The van der Waals surface area contributed by atoms with Crippen LogP contribution >= 0.6 is 11.6 Å². The molecule has 0 aliphatic heterocycles. The maximum Gasteiger partial charge on any atom is 0.328 e. The molecule has 0 fully saturated rings. The van der Waals surface area contributed by atoms with Gasteiger partial charge in [0.1, 0.15) is 23.1 Å². The number of furan rings is 1. The Morgan fingerprint density at radius 3 is 2.85 bits per heavy atom. The Labute approximate surface area is 150 Å². The lowest BCUT2D eigenvalue weighted by molar-refractivity contribution is 0.404.